The lowest BCUT2D eigenvalue weighted by Gasteiger charge is -2.05. The number of fused-ring (bicyclic) bond motifs is 1. The van der Waals surface area contributed by atoms with Gasteiger partial charge >= 0.3 is 0 Å². The van der Waals surface area contributed by atoms with Crippen LogP contribution in [-0.2, 0) is 11.3 Å². The molecule has 7 nitrogen and oxygen atoms in total. The summed E-state index contributed by atoms with van der Waals surface area (Å²) < 4.78 is 11.8. The third-order valence-corrected chi connectivity index (χ3v) is 3.71. The number of phenolic OH excluding ortho intramolecular Hbond substituents is 1. The first-order valence-electron chi connectivity index (χ1n) is 5.81. The Morgan fingerprint density at radius 1 is 1.30 bits per heavy atom. The molecule has 0 aliphatic heterocycles. The molecule has 0 unspecified atom stereocenters. The minimum absolute atomic E-state index is 0.0632. The molecule has 0 fully saturated rings. The fourth-order valence-electron chi connectivity index (χ4n) is 1.85. The normalized spacial score (nSPS) is 11.1. The maximum atomic E-state index is 10.1. The predicted octanol–water partition coefficient (Wildman–Crippen LogP) is 1.71. The van der Waals surface area contributed by atoms with Gasteiger partial charge in [0.05, 0.1) is 12.7 Å². The number of hydrogen-bond acceptors (Lipinski definition) is 7. The Kier molecular flexibility index (Phi) is 3.25. The third-order valence-electron chi connectivity index (χ3n) is 2.78. The van der Waals surface area contributed by atoms with Gasteiger partial charge in [0, 0.05) is 7.11 Å². The summed E-state index contributed by atoms with van der Waals surface area (Å²) in [4.78, 5) is 0.647. The van der Waals surface area contributed by atoms with Gasteiger partial charge in [-0.15, -0.1) is 10.2 Å². The van der Waals surface area contributed by atoms with Crippen LogP contribution >= 0.6 is 11.3 Å². The smallest absolute Gasteiger partial charge is 0.235 e. The lowest BCUT2D eigenvalue weighted by atomic mass is 10.2. The summed E-state index contributed by atoms with van der Waals surface area (Å²) >= 11 is 1.34. The lowest BCUT2D eigenvalue weighted by Crippen LogP contribution is -1.97. The van der Waals surface area contributed by atoms with Crippen molar-refractivity contribution in [1.82, 2.24) is 19.8 Å². The number of ether oxygens (including phenoxy) is 2. The number of para-hydroxylation sites is 1. The van der Waals surface area contributed by atoms with E-state index in [1.807, 2.05) is 0 Å². The van der Waals surface area contributed by atoms with Gasteiger partial charge in [-0.05, 0) is 12.1 Å². The van der Waals surface area contributed by atoms with Crippen LogP contribution in [0.5, 0.6) is 11.5 Å². The largest absolute Gasteiger partial charge is 0.504 e. The molecule has 3 aromatic rings. The van der Waals surface area contributed by atoms with Crippen LogP contribution in [0.1, 0.15) is 5.82 Å². The maximum absolute atomic E-state index is 10.1. The van der Waals surface area contributed by atoms with Gasteiger partial charge in [0.15, 0.2) is 22.3 Å². The van der Waals surface area contributed by atoms with E-state index in [9.17, 15) is 5.11 Å². The molecular weight excluding hydrogens is 280 g/mol. The van der Waals surface area contributed by atoms with Crippen molar-refractivity contribution in [2.24, 2.45) is 0 Å². The Morgan fingerprint density at radius 3 is 2.90 bits per heavy atom. The Balaban J connectivity index is 2.10. The molecule has 0 aliphatic rings. The average molecular weight is 292 g/mol. The van der Waals surface area contributed by atoms with Crippen LogP contribution < -0.4 is 4.74 Å². The monoisotopic (exact) mass is 292 g/mol. The van der Waals surface area contributed by atoms with E-state index in [0.717, 1.165) is 0 Å². The van der Waals surface area contributed by atoms with Crippen LogP contribution in [0.15, 0.2) is 18.2 Å². The number of nitrogens with zero attached hydrogens (tertiary/aromatic N) is 4. The summed E-state index contributed by atoms with van der Waals surface area (Å²) in [5.74, 6) is 1.09. The molecule has 1 N–H and O–H groups in total. The minimum Gasteiger partial charge on any atom is -0.504 e. The molecule has 1 aromatic carbocycles. The molecule has 8 heteroatoms. The number of methoxy groups -OCH3 is 2. The third kappa shape index (κ3) is 1.98. The molecule has 0 atom stereocenters. The van der Waals surface area contributed by atoms with Crippen molar-refractivity contribution >= 4 is 16.3 Å². The number of phenols is 1. The highest BCUT2D eigenvalue weighted by Gasteiger charge is 2.16. The van der Waals surface area contributed by atoms with Crippen LogP contribution in [0, 0.1) is 0 Å². The van der Waals surface area contributed by atoms with Crippen molar-refractivity contribution in [1.29, 1.82) is 0 Å². The van der Waals surface area contributed by atoms with E-state index in [1.54, 1.807) is 29.8 Å². The highest BCUT2D eigenvalue weighted by Crippen LogP contribution is 2.38. The molecule has 0 aliphatic carbocycles. The zero-order valence-electron chi connectivity index (χ0n) is 10.9. The number of benzene rings is 1. The average Bonchev–Trinajstić information content (AvgIpc) is 3.01. The van der Waals surface area contributed by atoms with Gasteiger partial charge < -0.3 is 14.6 Å². The van der Waals surface area contributed by atoms with Crippen LogP contribution in [-0.4, -0.2) is 39.1 Å². The molecule has 0 spiro atoms. The van der Waals surface area contributed by atoms with Crippen LogP contribution in [0.25, 0.3) is 15.5 Å². The molecule has 2 heterocycles. The molecular formula is C12H12N4O3S. The van der Waals surface area contributed by atoms with Gasteiger partial charge in [0.25, 0.3) is 0 Å². The summed E-state index contributed by atoms with van der Waals surface area (Å²) in [6.45, 7) is 0.328. The van der Waals surface area contributed by atoms with Gasteiger partial charge in [0.2, 0.25) is 4.96 Å². The fourth-order valence-corrected chi connectivity index (χ4v) is 2.73. The van der Waals surface area contributed by atoms with Gasteiger partial charge in [-0.2, -0.15) is 9.61 Å². The molecule has 2 aromatic heterocycles. The number of rotatable bonds is 4. The van der Waals surface area contributed by atoms with Crippen molar-refractivity contribution in [2.45, 2.75) is 6.61 Å². The molecule has 0 saturated heterocycles. The van der Waals surface area contributed by atoms with E-state index >= 15 is 0 Å². The SMILES string of the molecule is COCc1nnc2sc(-c3cccc(OC)c3O)nn12. The Morgan fingerprint density at radius 2 is 2.15 bits per heavy atom. The van der Waals surface area contributed by atoms with E-state index in [4.69, 9.17) is 9.47 Å². The summed E-state index contributed by atoms with van der Waals surface area (Å²) in [5.41, 5.74) is 0.600. The van der Waals surface area contributed by atoms with Crippen molar-refractivity contribution in [2.75, 3.05) is 14.2 Å². The van der Waals surface area contributed by atoms with Gasteiger partial charge in [0.1, 0.15) is 6.61 Å². The highest BCUT2D eigenvalue weighted by atomic mass is 32.1. The Bertz CT molecular complexity index is 752. The zero-order valence-corrected chi connectivity index (χ0v) is 11.7. The summed E-state index contributed by atoms with van der Waals surface area (Å²) in [6, 6.07) is 5.27. The minimum atomic E-state index is 0.0632. The number of aromatic hydroxyl groups is 1. The van der Waals surface area contributed by atoms with E-state index < -0.39 is 0 Å². The van der Waals surface area contributed by atoms with Gasteiger partial charge in [-0.1, -0.05) is 17.4 Å². The Labute approximate surface area is 118 Å². The van der Waals surface area contributed by atoms with Crippen LogP contribution in [0.3, 0.4) is 0 Å². The van der Waals surface area contributed by atoms with Gasteiger partial charge in [-0.3, -0.25) is 0 Å². The zero-order chi connectivity index (χ0) is 14.1. The second kappa shape index (κ2) is 5.06. The first kappa shape index (κ1) is 12.8. The van der Waals surface area contributed by atoms with E-state index in [0.29, 0.717) is 33.7 Å². The molecule has 3 rings (SSSR count). The lowest BCUT2D eigenvalue weighted by molar-refractivity contribution is 0.176. The molecule has 0 bridgehead atoms. The number of aromatic nitrogens is 4. The van der Waals surface area contributed by atoms with Crippen molar-refractivity contribution in [3.63, 3.8) is 0 Å². The quantitative estimate of drug-likeness (QED) is 0.788. The number of hydrogen-bond donors (Lipinski definition) is 1. The molecule has 0 amide bonds. The van der Waals surface area contributed by atoms with E-state index in [1.165, 1.54) is 18.4 Å². The summed E-state index contributed by atoms with van der Waals surface area (Å²) in [6.07, 6.45) is 0. The van der Waals surface area contributed by atoms with Crippen LogP contribution in [0.4, 0.5) is 0 Å². The summed E-state index contributed by atoms with van der Waals surface area (Å²) in [5, 5.41) is 23.2. The second-order valence-corrected chi connectivity index (χ2v) is 4.96. The topological polar surface area (TPSA) is 81.8 Å². The van der Waals surface area contributed by atoms with E-state index in [-0.39, 0.29) is 5.75 Å². The molecule has 20 heavy (non-hydrogen) atoms. The fraction of sp³-hybridized carbons (Fsp3) is 0.250. The second-order valence-electron chi connectivity index (χ2n) is 4.01. The predicted molar refractivity (Wildman–Crippen MR) is 73.0 cm³/mol. The first-order chi connectivity index (χ1) is 9.74. The highest BCUT2D eigenvalue weighted by molar-refractivity contribution is 7.19. The van der Waals surface area contributed by atoms with Crippen molar-refractivity contribution < 1.29 is 14.6 Å². The Hall–Kier alpha value is -2.19. The summed E-state index contributed by atoms with van der Waals surface area (Å²) in [7, 11) is 3.09. The van der Waals surface area contributed by atoms with Crippen molar-refractivity contribution in [3.05, 3.63) is 24.0 Å². The van der Waals surface area contributed by atoms with Crippen molar-refractivity contribution in [3.8, 4) is 22.1 Å². The van der Waals surface area contributed by atoms with E-state index in [2.05, 4.69) is 15.3 Å². The molecule has 0 saturated carbocycles. The van der Waals surface area contributed by atoms with Gasteiger partial charge in [-0.25, -0.2) is 0 Å². The molecule has 0 radical (unpaired) electrons. The molecule has 104 valence electrons. The first-order valence-corrected chi connectivity index (χ1v) is 6.62. The van der Waals surface area contributed by atoms with Crippen LogP contribution in [0.2, 0.25) is 0 Å². The standard InChI is InChI=1S/C12H12N4O3S/c1-18-6-9-13-14-12-16(9)15-11(20-12)7-4-3-5-8(19-2)10(7)17/h3-5,17H,6H2,1-2H3. The maximum Gasteiger partial charge on any atom is 0.235 e.